The standard InChI is InChI=1S/C15H27N3S2/c1-10(2)14-13(8-16-11(3)4)20-15(17-14)18-6-7-19-12(5)9-18/h10-12,16H,6-9H2,1-5H3. The molecule has 0 aliphatic carbocycles. The molecule has 3 nitrogen and oxygen atoms in total. The van der Waals surface area contributed by atoms with Gasteiger partial charge in [0.15, 0.2) is 5.13 Å². The zero-order chi connectivity index (χ0) is 14.7. The zero-order valence-electron chi connectivity index (χ0n) is 13.3. The number of aromatic nitrogens is 1. The first-order valence-electron chi connectivity index (χ1n) is 7.57. The molecule has 1 aliphatic rings. The molecule has 1 aromatic heterocycles. The first-order valence-corrected chi connectivity index (χ1v) is 9.43. The van der Waals surface area contributed by atoms with Gasteiger partial charge in [0.25, 0.3) is 0 Å². The molecule has 1 atom stereocenters. The van der Waals surface area contributed by atoms with Crippen molar-refractivity contribution in [1.82, 2.24) is 10.3 Å². The Labute approximate surface area is 131 Å². The summed E-state index contributed by atoms with van der Waals surface area (Å²) in [6, 6.07) is 0.520. The van der Waals surface area contributed by atoms with E-state index in [1.165, 1.54) is 21.5 Å². The van der Waals surface area contributed by atoms with Crippen LogP contribution in [-0.4, -0.2) is 35.1 Å². The second kappa shape index (κ2) is 7.14. The molecular formula is C15H27N3S2. The molecular weight excluding hydrogens is 286 g/mol. The van der Waals surface area contributed by atoms with Crippen molar-refractivity contribution in [3.63, 3.8) is 0 Å². The molecule has 0 spiro atoms. The number of rotatable bonds is 5. The molecule has 5 heteroatoms. The summed E-state index contributed by atoms with van der Waals surface area (Å²) in [5, 5.41) is 5.47. The summed E-state index contributed by atoms with van der Waals surface area (Å²) in [5.41, 5.74) is 1.28. The molecule has 1 aliphatic heterocycles. The molecule has 0 saturated carbocycles. The van der Waals surface area contributed by atoms with E-state index < -0.39 is 0 Å². The van der Waals surface area contributed by atoms with Crippen molar-refractivity contribution in [2.75, 3.05) is 23.7 Å². The predicted molar refractivity (Wildman–Crippen MR) is 92.3 cm³/mol. The Morgan fingerprint density at radius 1 is 1.35 bits per heavy atom. The lowest BCUT2D eigenvalue weighted by Crippen LogP contribution is -2.36. The van der Waals surface area contributed by atoms with E-state index in [0.717, 1.165) is 19.6 Å². The third-order valence-corrected chi connectivity index (χ3v) is 5.71. The fraction of sp³-hybridized carbons (Fsp3) is 0.800. The number of thioether (sulfide) groups is 1. The third kappa shape index (κ3) is 4.12. The Kier molecular flexibility index (Phi) is 5.75. The molecule has 0 radical (unpaired) electrons. The molecule has 1 aromatic rings. The fourth-order valence-corrected chi connectivity index (χ4v) is 4.57. The molecule has 2 heterocycles. The lowest BCUT2D eigenvalue weighted by molar-refractivity contribution is 0.588. The Hall–Kier alpha value is -0.260. The normalized spacial score (nSPS) is 20.1. The van der Waals surface area contributed by atoms with Crippen LogP contribution in [0.3, 0.4) is 0 Å². The fourth-order valence-electron chi connectivity index (χ4n) is 2.35. The van der Waals surface area contributed by atoms with E-state index in [1.807, 2.05) is 11.3 Å². The molecule has 114 valence electrons. The maximum atomic E-state index is 4.94. The second-order valence-electron chi connectivity index (χ2n) is 6.12. The first-order chi connectivity index (χ1) is 9.47. The van der Waals surface area contributed by atoms with Crippen LogP contribution in [0.5, 0.6) is 0 Å². The average Bonchev–Trinajstić information content (AvgIpc) is 2.80. The summed E-state index contributed by atoms with van der Waals surface area (Å²) in [4.78, 5) is 8.82. The largest absolute Gasteiger partial charge is 0.346 e. The van der Waals surface area contributed by atoms with Gasteiger partial charge in [0.2, 0.25) is 0 Å². The molecule has 1 N–H and O–H groups in total. The molecule has 0 aromatic carbocycles. The van der Waals surface area contributed by atoms with Crippen LogP contribution in [0, 0.1) is 0 Å². The van der Waals surface area contributed by atoms with Gasteiger partial charge in [-0.15, -0.1) is 11.3 Å². The number of anilines is 1. The number of hydrogen-bond donors (Lipinski definition) is 1. The smallest absolute Gasteiger partial charge is 0.185 e. The van der Waals surface area contributed by atoms with Crippen LogP contribution in [-0.2, 0) is 6.54 Å². The lowest BCUT2D eigenvalue weighted by atomic mass is 10.1. The van der Waals surface area contributed by atoms with Crippen molar-refractivity contribution in [2.45, 2.75) is 58.4 Å². The molecule has 20 heavy (non-hydrogen) atoms. The molecule has 0 bridgehead atoms. The minimum absolute atomic E-state index is 0.501. The molecule has 2 rings (SSSR count). The molecule has 1 unspecified atom stereocenters. The predicted octanol–water partition coefficient (Wildman–Crippen LogP) is 3.71. The Bertz CT molecular complexity index is 429. The van der Waals surface area contributed by atoms with Crippen LogP contribution in [0.25, 0.3) is 0 Å². The topological polar surface area (TPSA) is 28.2 Å². The van der Waals surface area contributed by atoms with E-state index in [1.54, 1.807) is 0 Å². The highest BCUT2D eigenvalue weighted by Crippen LogP contribution is 2.33. The summed E-state index contributed by atoms with van der Waals surface area (Å²) < 4.78 is 0. The van der Waals surface area contributed by atoms with Crippen LogP contribution in [0.4, 0.5) is 5.13 Å². The number of hydrogen-bond acceptors (Lipinski definition) is 5. The average molecular weight is 314 g/mol. The van der Waals surface area contributed by atoms with Gasteiger partial charge in [-0.3, -0.25) is 0 Å². The maximum Gasteiger partial charge on any atom is 0.185 e. The summed E-state index contributed by atoms with van der Waals surface area (Å²) in [6.45, 7) is 14.4. The molecule has 0 amide bonds. The van der Waals surface area contributed by atoms with Gasteiger partial charge in [-0.2, -0.15) is 11.8 Å². The van der Waals surface area contributed by atoms with E-state index in [0.29, 0.717) is 17.2 Å². The van der Waals surface area contributed by atoms with E-state index >= 15 is 0 Å². The number of nitrogens with zero attached hydrogens (tertiary/aromatic N) is 2. The summed E-state index contributed by atoms with van der Waals surface area (Å²) in [6.07, 6.45) is 0. The third-order valence-electron chi connectivity index (χ3n) is 3.45. The van der Waals surface area contributed by atoms with Crippen LogP contribution >= 0.6 is 23.1 Å². The van der Waals surface area contributed by atoms with Crippen molar-refractivity contribution >= 4 is 28.2 Å². The van der Waals surface area contributed by atoms with Gasteiger partial charge in [0, 0.05) is 41.6 Å². The summed E-state index contributed by atoms with van der Waals surface area (Å²) in [5.74, 6) is 1.72. The van der Waals surface area contributed by atoms with Crippen molar-refractivity contribution in [2.24, 2.45) is 0 Å². The van der Waals surface area contributed by atoms with E-state index in [4.69, 9.17) is 4.98 Å². The van der Waals surface area contributed by atoms with Crippen LogP contribution < -0.4 is 10.2 Å². The van der Waals surface area contributed by atoms with Gasteiger partial charge < -0.3 is 10.2 Å². The number of nitrogens with one attached hydrogen (secondary N) is 1. The molecule has 1 saturated heterocycles. The Balaban J connectivity index is 2.15. The van der Waals surface area contributed by atoms with Crippen molar-refractivity contribution in [1.29, 1.82) is 0 Å². The summed E-state index contributed by atoms with van der Waals surface area (Å²) >= 11 is 3.95. The Morgan fingerprint density at radius 2 is 2.10 bits per heavy atom. The van der Waals surface area contributed by atoms with Crippen molar-refractivity contribution in [3.05, 3.63) is 10.6 Å². The highest BCUT2D eigenvalue weighted by Gasteiger charge is 2.22. The SMILES string of the molecule is CC(C)NCc1sc(N2CCSC(C)C2)nc1C(C)C. The Morgan fingerprint density at radius 3 is 2.70 bits per heavy atom. The van der Waals surface area contributed by atoms with Crippen LogP contribution in [0.15, 0.2) is 0 Å². The highest BCUT2D eigenvalue weighted by molar-refractivity contribution is 8.00. The van der Waals surface area contributed by atoms with Gasteiger partial charge in [0.05, 0.1) is 5.69 Å². The first kappa shape index (κ1) is 16.1. The number of thiazole rings is 1. The van der Waals surface area contributed by atoms with Gasteiger partial charge in [0.1, 0.15) is 0 Å². The second-order valence-corrected chi connectivity index (χ2v) is 8.73. The molecule has 1 fully saturated rings. The summed E-state index contributed by atoms with van der Waals surface area (Å²) in [7, 11) is 0. The van der Waals surface area contributed by atoms with Crippen molar-refractivity contribution < 1.29 is 0 Å². The minimum Gasteiger partial charge on any atom is -0.346 e. The quantitative estimate of drug-likeness (QED) is 0.897. The monoisotopic (exact) mass is 313 g/mol. The van der Waals surface area contributed by atoms with Gasteiger partial charge in [-0.25, -0.2) is 4.98 Å². The van der Waals surface area contributed by atoms with Gasteiger partial charge >= 0.3 is 0 Å². The van der Waals surface area contributed by atoms with E-state index in [2.05, 4.69) is 56.6 Å². The van der Waals surface area contributed by atoms with E-state index in [-0.39, 0.29) is 0 Å². The highest BCUT2D eigenvalue weighted by atomic mass is 32.2. The van der Waals surface area contributed by atoms with E-state index in [9.17, 15) is 0 Å². The van der Waals surface area contributed by atoms with Crippen LogP contribution in [0.2, 0.25) is 0 Å². The van der Waals surface area contributed by atoms with Crippen molar-refractivity contribution in [3.8, 4) is 0 Å². The maximum absolute atomic E-state index is 4.94. The minimum atomic E-state index is 0.501. The van der Waals surface area contributed by atoms with Crippen LogP contribution in [0.1, 0.15) is 51.1 Å². The zero-order valence-corrected chi connectivity index (χ0v) is 14.9. The van der Waals surface area contributed by atoms with Gasteiger partial charge in [-0.05, 0) is 5.92 Å². The van der Waals surface area contributed by atoms with Gasteiger partial charge in [-0.1, -0.05) is 34.6 Å². The lowest BCUT2D eigenvalue weighted by Gasteiger charge is -2.30.